The number of amides is 2. The van der Waals surface area contributed by atoms with Crippen LogP contribution in [-0.4, -0.2) is 37.1 Å². The van der Waals surface area contributed by atoms with Crippen LogP contribution in [0.15, 0.2) is 24.3 Å². The van der Waals surface area contributed by atoms with Crippen molar-refractivity contribution in [1.29, 1.82) is 0 Å². The number of nitrogens with one attached hydrogen (secondary N) is 2. The summed E-state index contributed by atoms with van der Waals surface area (Å²) in [5.41, 5.74) is -0.286. The van der Waals surface area contributed by atoms with Gasteiger partial charge >= 0.3 is 12.2 Å². The van der Waals surface area contributed by atoms with Crippen molar-refractivity contribution in [1.82, 2.24) is 10.2 Å². The minimum Gasteiger partial charge on any atom is -0.383 e. The van der Waals surface area contributed by atoms with Gasteiger partial charge in [-0.1, -0.05) is 6.07 Å². The zero-order valence-electron chi connectivity index (χ0n) is 10.1. The Morgan fingerprint density at radius 3 is 2.79 bits per heavy atom. The van der Waals surface area contributed by atoms with Crippen molar-refractivity contribution in [3.63, 3.8) is 0 Å². The first-order chi connectivity index (χ1) is 8.97. The van der Waals surface area contributed by atoms with E-state index in [9.17, 15) is 18.0 Å². The molecule has 0 spiro atoms. The fraction of sp³-hybridized carbons (Fsp3) is 0.417. The molecule has 1 heterocycles. The number of anilines is 1. The summed E-state index contributed by atoms with van der Waals surface area (Å²) in [4.78, 5) is 12.9. The number of nitrogens with zero attached hydrogens (tertiary/aromatic N) is 1. The highest BCUT2D eigenvalue weighted by Gasteiger charge is 2.30. The van der Waals surface area contributed by atoms with Gasteiger partial charge < -0.3 is 15.5 Å². The third-order valence-corrected chi connectivity index (χ3v) is 2.85. The first-order valence-electron chi connectivity index (χ1n) is 5.91. The molecule has 7 heteroatoms. The fourth-order valence-corrected chi connectivity index (χ4v) is 1.87. The summed E-state index contributed by atoms with van der Waals surface area (Å²) in [5.74, 6) is 0. The van der Waals surface area contributed by atoms with Crippen LogP contribution in [0.4, 0.5) is 23.7 Å². The highest BCUT2D eigenvalue weighted by Crippen LogP contribution is 2.30. The Morgan fingerprint density at radius 2 is 2.16 bits per heavy atom. The van der Waals surface area contributed by atoms with Gasteiger partial charge in [-0.3, -0.25) is 0 Å². The number of carbonyl (C=O) groups excluding carboxylic acids is 1. The highest BCUT2D eigenvalue weighted by atomic mass is 19.4. The Bertz CT molecular complexity index is 462. The molecule has 104 valence electrons. The van der Waals surface area contributed by atoms with Crippen LogP contribution in [-0.2, 0) is 6.18 Å². The molecular formula is C12H14F3N3O. The van der Waals surface area contributed by atoms with Crippen molar-refractivity contribution >= 4 is 11.7 Å². The lowest BCUT2D eigenvalue weighted by atomic mass is 10.2. The third-order valence-electron chi connectivity index (χ3n) is 2.85. The molecule has 0 aliphatic carbocycles. The van der Waals surface area contributed by atoms with Gasteiger partial charge in [-0.25, -0.2) is 4.79 Å². The van der Waals surface area contributed by atoms with Crippen molar-refractivity contribution < 1.29 is 18.0 Å². The zero-order valence-corrected chi connectivity index (χ0v) is 10.1. The van der Waals surface area contributed by atoms with E-state index in [0.29, 0.717) is 31.9 Å². The lowest BCUT2D eigenvalue weighted by Gasteiger charge is -2.15. The van der Waals surface area contributed by atoms with E-state index in [1.807, 2.05) is 0 Å². The molecule has 1 saturated heterocycles. The fourth-order valence-electron chi connectivity index (χ4n) is 1.87. The molecule has 19 heavy (non-hydrogen) atoms. The predicted molar refractivity (Wildman–Crippen MR) is 64.9 cm³/mol. The number of halogens is 3. The van der Waals surface area contributed by atoms with E-state index in [0.717, 1.165) is 12.1 Å². The molecule has 0 unspecified atom stereocenters. The summed E-state index contributed by atoms with van der Waals surface area (Å²) in [7, 11) is 0. The Kier molecular flexibility index (Phi) is 3.82. The Labute approximate surface area is 108 Å². The molecule has 0 atom stereocenters. The van der Waals surface area contributed by atoms with Crippen LogP contribution in [0.1, 0.15) is 5.56 Å². The van der Waals surface area contributed by atoms with Gasteiger partial charge in [-0.2, -0.15) is 13.2 Å². The van der Waals surface area contributed by atoms with Crippen molar-refractivity contribution in [3.8, 4) is 0 Å². The van der Waals surface area contributed by atoms with E-state index >= 15 is 0 Å². The van der Waals surface area contributed by atoms with E-state index in [1.165, 1.54) is 6.07 Å². The van der Waals surface area contributed by atoms with E-state index in [4.69, 9.17) is 0 Å². The van der Waals surface area contributed by atoms with E-state index < -0.39 is 11.7 Å². The summed E-state index contributed by atoms with van der Waals surface area (Å²) < 4.78 is 37.5. The number of benzene rings is 1. The zero-order chi connectivity index (χ0) is 13.9. The van der Waals surface area contributed by atoms with Gasteiger partial charge in [-0.15, -0.1) is 0 Å². The lowest BCUT2D eigenvalue weighted by Crippen LogP contribution is -2.32. The maximum atomic E-state index is 12.5. The maximum absolute atomic E-state index is 12.5. The molecule has 1 aliphatic rings. The Hall–Kier alpha value is -1.92. The monoisotopic (exact) mass is 273 g/mol. The molecule has 1 aromatic carbocycles. The largest absolute Gasteiger partial charge is 0.416 e. The number of hydrogen-bond donors (Lipinski definition) is 2. The van der Waals surface area contributed by atoms with Crippen molar-refractivity contribution in [2.24, 2.45) is 0 Å². The van der Waals surface area contributed by atoms with Crippen LogP contribution in [0.25, 0.3) is 0 Å². The first kappa shape index (κ1) is 13.5. The van der Waals surface area contributed by atoms with Crippen LogP contribution < -0.4 is 10.6 Å². The van der Waals surface area contributed by atoms with E-state index in [-0.39, 0.29) is 6.03 Å². The van der Waals surface area contributed by atoms with Gasteiger partial charge in [0, 0.05) is 31.9 Å². The van der Waals surface area contributed by atoms with Crippen LogP contribution >= 0.6 is 0 Å². The average molecular weight is 273 g/mol. The lowest BCUT2D eigenvalue weighted by molar-refractivity contribution is -0.137. The second-order valence-corrected chi connectivity index (χ2v) is 4.22. The summed E-state index contributed by atoms with van der Waals surface area (Å²) >= 11 is 0. The van der Waals surface area contributed by atoms with Gasteiger partial charge in [0.05, 0.1) is 5.56 Å². The summed E-state index contributed by atoms with van der Waals surface area (Å²) in [6, 6.07) is 4.88. The van der Waals surface area contributed by atoms with E-state index in [2.05, 4.69) is 10.6 Å². The number of hydrogen-bond acceptors (Lipinski definition) is 2. The Balaban J connectivity index is 1.87. The maximum Gasteiger partial charge on any atom is 0.416 e. The molecule has 1 aliphatic heterocycles. The highest BCUT2D eigenvalue weighted by molar-refractivity contribution is 5.76. The van der Waals surface area contributed by atoms with Crippen molar-refractivity contribution in [2.75, 3.05) is 31.5 Å². The molecule has 0 aromatic heterocycles. The quantitative estimate of drug-likeness (QED) is 0.882. The summed E-state index contributed by atoms with van der Waals surface area (Å²) in [6.45, 7) is 2.11. The second-order valence-electron chi connectivity index (χ2n) is 4.22. The van der Waals surface area contributed by atoms with Crippen LogP contribution in [0.3, 0.4) is 0 Å². The molecular weight excluding hydrogens is 259 g/mol. The average Bonchev–Trinajstić information content (AvgIpc) is 2.75. The SMILES string of the molecule is O=C1NCCN1CCNc1cccc(C(F)(F)F)c1. The minimum atomic E-state index is -4.34. The third kappa shape index (κ3) is 3.52. The molecule has 2 N–H and O–H groups in total. The molecule has 0 radical (unpaired) electrons. The summed E-state index contributed by atoms with van der Waals surface area (Å²) in [5, 5.41) is 5.54. The van der Waals surface area contributed by atoms with Crippen LogP contribution in [0.2, 0.25) is 0 Å². The summed E-state index contributed by atoms with van der Waals surface area (Å²) in [6.07, 6.45) is -4.34. The van der Waals surface area contributed by atoms with Crippen molar-refractivity contribution in [2.45, 2.75) is 6.18 Å². The number of rotatable bonds is 4. The van der Waals surface area contributed by atoms with Gasteiger partial charge in [0.15, 0.2) is 0 Å². The predicted octanol–water partition coefficient (Wildman–Crippen LogP) is 2.14. The smallest absolute Gasteiger partial charge is 0.383 e. The molecule has 4 nitrogen and oxygen atoms in total. The molecule has 1 aromatic rings. The standard InChI is InChI=1S/C12H14F3N3O/c13-12(14,15)9-2-1-3-10(8-9)16-4-6-18-7-5-17-11(18)19/h1-3,8,16H,4-7H2,(H,17,19). The van der Waals surface area contributed by atoms with Gasteiger partial charge in [-0.05, 0) is 18.2 Å². The number of alkyl halides is 3. The molecule has 0 saturated carbocycles. The number of carbonyl (C=O) groups is 1. The second kappa shape index (κ2) is 5.38. The van der Waals surface area contributed by atoms with Gasteiger partial charge in [0.25, 0.3) is 0 Å². The van der Waals surface area contributed by atoms with E-state index in [1.54, 1.807) is 11.0 Å². The molecule has 2 amide bonds. The topological polar surface area (TPSA) is 44.4 Å². The minimum absolute atomic E-state index is 0.133. The Morgan fingerprint density at radius 1 is 1.37 bits per heavy atom. The molecule has 1 fully saturated rings. The first-order valence-corrected chi connectivity index (χ1v) is 5.91. The molecule has 2 rings (SSSR count). The number of urea groups is 1. The van der Waals surface area contributed by atoms with Crippen molar-refractivity contribution in [3.05, 3.63) is 29.8 Å². The van der Waals surface area contributed by atoms with Crippen LogP contribution in [0.5, 0.6) is 0 Å². The molecule has 0 bridgehead atoms. The van der Waals surface area contributed by atoms with Gasteiger partial charge in [0.1, 0.15) is 0 Å². The van der Waals surface area contributed by atoms with Gasteiger partial charge in [0.2, 0.25) is 0 Å². The normalized spacial score (nSPS) is 15.5. The van der Waals surface area contributed by atoms with Crippen LogP contribution in [0, 0.1) is 0 Å².